The molecule has 0 aliphatic carbocycles. The fourth-order valence-corrected chi connectivity index (χ4v) is 3.79. The zero-order valence-corrected chi connectivity index (χ0v) is 15.7. The molecule has 2 aliphatic rings. The molecule has 2 fully saturated rings. The smallest absolute Gasteiger partial charge is 0.251 e. The molecule has 2 aliphatic heterocycles. The highest BCUT2D eigenvalue weighted by atomic mass is 16.5. The largest absolute Gasteiger partial charge is 0.373 e. The third-order valence-electron chi connectivity index (χ3n) is 4.95. The van der Waals surface area contributed by atoms with Crippen molar-refractivity contribution in [3.8, 4) is 0 Å². The zero-order valence-electron chi connectivity index (χ0n) is 15.7. The van der Waals surface area contributed by atoms with E-state index in [2.05, 4.69) is 24.1 Å². The van der Waals surface area contributed by atoms with Gasteiger partial charge in [-0.1, -0.05) is 0 Å². The van der Waals surface area contributed by atoms with E-state index in [1.165, 1.54) is 0 Å². The lowest BCUT2D eigenvalue weighted by Crippen LogP contribution is -2.46. The highest BCUT2D eigenvalue weighted by Gasteiger charge is 2.22. The molecule has 2 atom stereocenters. The number of hydrogen-bond donors (Lipinski definition) is 1. The standard InChI is InChI=1S/C20H29N3O3/c1-15-13-22(14-16(2)26-15)11-4-10-21-20(25)17-6-8-18(9-7-17)23-12-3-5-19(23)24/h6-9,15-16H,3-5,10-14H2,1-2H3,(H,21,25). The van der Waals surface area contributed by atoms with Gasteiger partial charge in [-0.2, -0.15) is 0 Å². The maximum absolute atomic E-state index is 12.3. The quantitative estimate of drug-likeness (QED) is 0.790. The van der Waals surface area contributed by atoms with E-state index in [1.54, 1.807) is 17.0 Å². The van der Waals surface area contributed by atoms with Gasteiger partial charge in [0, 0.05) is 50.4 Å². The normalized spacial score (nSPS) is 24.1. The lowest BCUT2D eigenvalue weighted by molar-refractivity contribution is -0.117. The van der Waals surface area contributed by atoms with Crippen molar-refractivity contribution in [1.82, 2.24) is 10.2 Å². The van der Waals surface area contributed by atoms with Gasteiger partial charge in [-0.05, 0) is 51.0 Å². The second kappa shape index (κ2) is 8.64. The summed E-state index contributed by atoms with van der Waals surface area (Å²) in [6, 6.07) is 7.30. The van der Waals surface area contributed by atoms with Crippen LogP contribution in [0.25, 0.3) is 0 Å². The van der Waals surface area contributed by atoms with Crippen molar-refractivity contribution in [2.75, 3.05) is 37.6 Å². The summed E-state index contributed by atoms with van der Waals surface area (Å²) in [5.74, 6) is 0.0990. The molecule has 3 rings (SSSR count). The van der Waals surface area contributed by atoms with Crippen molar-refractivity contribution >= 4 is 17.5 Å². The van der Waals surface area contributed by atoms with E-state index >= 15 is 0 Å². The molecule has 2 unspecified atom stereocenters. The van der Waals surface area contributed by atoms with Crippen LogP contribution in [0.1, 0.15) is 43.5 Å². The minimum atomic E-state index is -0.0620. The van der Waals surface area contributed by atoms with Crippen LogP contribution in [0, 0.1) is 0 Å². The molecule has 6 heteroatoms. The van der Waals surface area contributed by atoms with Crippen LogP contribution in [-0.2, 0) is 9.53 Å². The second-order valence-electron chi connectivity index (χ2n) is 7.32. The van der Waals surface area contributed by atoms with Gasteiger partial charge < -0.3 is 15.0 Å². The molecule has 0 radical (unpaired) electrons. The first-order valence-corrected chi connectivity index (χ1v) is 9.59. The Morgan fingerprint density at radius 1 is 1.19 bits per heavy atom. The van der Waals surface area contributed by atoms with Gasteiger partial charge in [-0.15, -0.1) is 0 Å². The van der Waals surface area contributed by atoms with Crippen LogP contribution in [0.4, 0.5) is 5.69 Å². The molecule has 0 saturated carbocycles. The Labute approximate surface area is 155 Å². The Morgan fingerprint density at radius 3 is 2.50 bits per heavy atom. The van der Waals surface area contributed by atoms with Crippen LogP contribution in [0.3, 0.4) is 0 Å². The fourth-order valence-electron chi connectivity index (χ4n) is 3.79. The van der Waals surface area contributed by atoms with E-state index in [0.717, 1.165) is 44.7 Å². The first kappa shape index (κ1) is 18.9. The summed E-state index contributed by atoms with van der Waals surface area (Å²) in [4.78, 5) is 28.2. The van der Waals surface area contributed by atoms with Crippen LogP contribution in [-0.4, -0.2) is 61.6 Å². The minimum absolute atomic E-state index is 0.0620. The van der Waals surface area contributed by atoms with E-state index in [4.69, 9.17) is 4.74 Å². The molecule has 1 aromatic rings. The van der Waals surface area contributed by atoms with Gasteiger partial charge in [0.25, 0.3) is 5.91 Å². The molecule has 2 heterocycles. The average molecular weight is 359 g/mol. The number of nitrogens with one attached hydrogen (secondary N) is 1. The molecule has 0 aromatic heterocycles. The van der Waals surface area contributed by atoms with Gasteiger partial charge in [-0.3, -0.25) is 14.5 Å². The fraction of sp³-hybridized carbons (Fsp3) is 0.600. The molecule has 6 nitrogen and oxygen atoms in total. The van der Waals surface area contributed by atoms with Crippen molar-refractivity contribution in [2.24, 2.45) is 0 Å². The van der Waals surface area contributed by atoms with Crippen molar-refractivity contribution in [3.05, 3.63) is 29.8 Å². The lowest BCUT2D eigenvalue weighted by Gasteiger charge is -2.35. The topological polar surface area (TPSA) is 61.9 Å². The molecule has 2 amide bonds. The number of hydrogen-bond acceptors (Lipinski definition) is 4. The van der Waals surface area contributed by atoms with Gasteiger partial charge in [0.05, 0.1) is 12.2 Å². The SMILES string of the molecule is CC1CN(CCCNC(=O)c2ccc(N3CCCC3=O)cc2)CC(C)O1. The van der Waals surface area contributed by atoms with Crippen LogP contribution in [0.2, 0.25) is 0 Å². The van der Waals surface area contributed by atoms with Gasteiger partial charge in [0.1, 0.15) is 0 Å². The number of amides is 2. The van der Waals surface area contributed by atoms with Crippen LogP contribution in [0.5, 0.6) is 0 Å². The molecule has 1 N–H and O–H groups in total. The predicted octanol–water partition coefficient (Wildman–Crippen LogP) is 2.04. The average Bonchev–Trinajstić information content (AvgIpc) is 3.04. The zero-order chi connectivity index (χ0) is 18.5. The first-order chi connectivity index (χ1) is 12.5. The lowest BCUT2D eigenvalue weighted by atomic mass is 10.2. The van der Waals surface area contributed by atoms with E-state index in [-0.39, 0.29) is 24.0 Å². The molecule has 1 aromatic carbocycles. The van der Waals surface area contributed by atoms with Crippen molar-refractivity contribution in [1.29, 1.82) is 0 Å². The van der Waals surface area contributed by atoms with E-state index in [1.807, 2.05) is 12.1 Å². The maximum Gasteiger partial charge on any atom is 0.251 e. The number of nitrogens with zero attached hydrogens (tertiary/aromatic N) is 2. The Balaban J connectivity index is 1.41. The van der Waals surface area contributed by atoms with Crippen molar-refractivity contribution < 1.29 is 14.3 Å². The summed E-state index contributed by atoms with van der Waals surface area (Å²) in [6.07, 6.45) is 2.99. The summed E-state index contributed by atoms with van der Waals surface area (Å²) >= 11 is 0. The Kier molecular flexibility index (Phi) is 6.27. The van der Waals surface area contributed by atoms with Crippen molar-refractivity contribution in [2.45, 2.75) is 45.3 Å². The van der Waals surface area contributed by atoms with Gasteiger partial charge in [0.15, 0.2) is 0 Å². The molecule has 0 spiro atoms. The van der Waals surface area contributed by atoms with Crippen molar-refractivity contribution in [3.63, 3.8) is 0 Å². The maximum atomic E-state index is 12.3. The molecule has 26 heavy (non-hydrogen) atoms. The predicted molar refractivity (Wildman–Crippen MR) is 101 cm³/mol. The summed E-state index contributed by atoms with van der Waals surface area (Å²) in [6.45, 7) is 8.50. The third-order valence-corrected chi connectivity index (χ3v) is 4.95. The van der Waals surface area contributed by atoms with Gasteiger partial charge in [0.2, 0.25) is 5.91 Å². The summed E-state index contributed by atoms with van der Waals surface area (Å²) in [5, 5.41) is 2.98. The van der Waals surface area contributed by atoms with Crippen LogP contribution in [0.15, 0.2) is 24.3 Å². The third kappa shape index (κ3) is 4.83. The number of ether oxygens (including phenoxy) is 1. The molecular weight excluding hydrogens is 330 g/mol. The highest BCUT2D eigenvalue weighted by molar-refractivity contribution is 5.97. The highest BCUT2D eigenvalue weighted by Crippen LogP contribution is 2.21. The summed E-state index contributed by atoms with van der Waals surface area (Å²) < 4.78 is 5.74. The Morgan fingerprint density at radius 2 is 1.88 bits per heavy atom. The summed E-state index contributed by atoms with van der Waals surface area (Å²) in [5.41, 5.74) is 1.51. The number of anilines is 1. The number of rotatable bonds is 6. The first-order valence-electron chi connectivity index (χ1n) is 9.59. The number of carbonyl (C=O) groups excluding carboxylic acids is 2. The number of benzene rings is 1. The molecular formula is C20H29N3O3. The number of morpholine rings is 1. The van der Waals surface area contributed by atoms with Gasteiger partial charge >= 0.3 is 0 Å². The summed E-state index contributed by atoms with van der Waals surface area (Å²) in [7, 11) is 0. The molecule has 2 saturated heterocycles. The molecule has 142 valence electrons. The van der Waals surface area contributed by atoms with Crippen LogP contribution >= 0.6 is 0 Å². The van der Waals surface area contributed by atoms with Gasteiger partial charge in [-0.25, -0.2) is 0 Å². The minimum Gasteiger partial charge on any atom is -0.373 e. The molecule has 0 bridgehead atoms. The van der Waals surface area contributed by atoms with E-state index < -0.39 is 0 Å². The van der Waals surface area contributed by atoms with Crippen LogP contribution < -0.4 is 10.2 Å². The number of carbonyl (C=O) groups is 2. The Hall–Kier alpha value is -1.92. The Bertz CT molecular complexity index is 622. The second-order valence-corrected chi connectivity index (χ2v) is 7.32. The van der Waals surface area contributed by atoms with E-state index in [9.17, 15) is 9.59 Å². The monoisotopic (exact) mass is 359 g/mol. The van der Waals surface area contributed by atoms with E-state index in [0.29, 0.717) is 18.5 Å².